The van der Waals surface area contributed by atoms with E-state index < -0.39 is 6.10 Å². The number of para-hydroxylation sites is 1. The van der Waals surface area contributed by atoms with Crippen LogP contribution >= 0.6 is 0 Å². The van der Waals surface area contributed by atoms with Crippen LogP contribution in [0.15, 0.2) is 30.3 Å². The highest BCUT2D eigenvalue weighted by molar-refractivity contribution is 5.83. The van der Waals surface area contributed by atoms with E-state index in [0.717, 1.165) is 22.6 Å². The van der Waals surface area contributed by atoms with Crippen LogP contribution < -0.4 is 10.1 Å². The number of pyridine rings is 1. The zero-order valence-corrected chi connectivity index (χ0v) is 13.5. The van der Waals surface area contributed by atoms with Crippen LogP contribution in [0.3, 0.4) is 0 Å². The topological polar surface area (TPSA) is 71.5 Å². The molecule has 5 nitrogen and oxygen atoms in total. The highest BCUT2D eigenvalue weighted by atomic mass is 16.5. The second kappa shape index (κ2) is 5.91. The molecule has 2 unspecified atom stereocenters. The molecule has 2 aromatic rings. The minimum absolute atomic E-state index is 0.00274. The lowest BCUT2D eigenvalue weighted by Gasteiger charge is -2.16. The molecule has 5 heteroatoms. The number of carbonyl (C=O) groups excluding carboxylic acids is 1. The summed E-state index contributed by atoms with van der Waals surface area (Å²) in [6, 6.07) is 9.57. The maximum absolute atomic E-state index is 12.4. The normalized spacial score (nSPS) is 19.1. The summed E-state index contributed by atoms with van der Waals surface area (Å²) >= 11 is 0. The number of rotatable bonds is 3. The fourth-order valence-corrected chi connectivity index (χ4v) is 2.98. The molecule has 0 radical (unpaired) electrons. The molecular weight excluding hydrogens is 292 g/mol. The smallest absolute Gasteiger partial charge is 0.261 e. The van der Waals surface area contributed by atoms with Crippen molar-refractivity contribution in [1.29, 1.82) is 0 Å². The molecule has 23 heavy (non-hydrogen) atoms. The number of hydrogen-bond acceptors (Lipinski definition) is 4. The summed E-state index contributed by atoms with van der Waals surface area (Å²) in [5, 5.41) is 12.8. The van der Waals surface area contributed by atoms with Crippen molar-refractivity contribution < 1.29 is 14.6 Å². The first kappa shape index (κ1) is 15.3. The number of nitrogens with one attached hydrogen (secondary N) is 1. The van der Waals surface area contributed by atoms with Crippen molar-refractivity contribution in [2.45, 2.75) is 39.3 Å². The number of aryl methyl sites for hydroxylation is 2. The van der Waals surface area contributed by atoms with Gasteiger partial charge in [-0.2, -0.15) is 0 Å². The first-order valence-electron chi connectivity index (χ1n) is 7.66. The van der Waals surface area contributed by atoms with E-state index in [0.29, 0.717) is 5.56 Å². The van der Waals surface area contributed by atoms with E-state index in [1.165, 1.54) is 0 Å². The predicted octanol–water partition coefficient (Wildman–Crippen LogP) is 2.58. The third-order valence-corrected chi connectivity index (χ3v) is 4.27. The van der Waals surface area contributed by atoms with Crippen LogP contribution in [-0.4, -0.2) is 22.1 Å². The van der Waals surface area contributed by atoms with Gasteiger partial charge in [0, 0.05) is 29.3 Å². The van der Waals surface area contributed by atoms with E-state index >= 15 is 0 Å². The summed E-state index contributed by atoms with van der Waals surface area (Å²) < 4.78 is 5.76. The van der Waals surface area contributed by atoms with Crippen LogP contribution in [0.2, 0.25) is 0 Å². The molecule has 120 valence electrons. The van der Waals surface area contributed by atoms with Crippen LogP contribution in [0, 0.1) is 13.8 Å². The number of hydrogen-bond donors (Lipinski definition) is 2. The molecule has 1 aliphatic heterocycles. The average Bonchev–Trinajstić information content (AvgIpc) is 2.84. The highest BCUT2D eigenvalue weighted by Gasteiger charge is 2.35. The van der Waals surface area contributed by atoms with Gasteiger partial charge in [-0.3, -0.25) is 4.79 Å². The molecule has 0 saturated heterocycles. The van der Waals surface area contributed by atoms with E-state index in [4.69, 9.17) is 4.74 Å². The maximum Gasteiger partial charge on any atom is 0.261 e. The van der Waals surface area contributed by atoms with Crippen molar-refractivity contribution in [3.8, 4) is 11.6 Å². The Labute approximate surface area is 135 Å². The summed E-state index contributed by atoms with van der Waals surface area (Å²) in [7, 11) is 0. The van der Waals surface area contributed by atoms with Crippen molar-refractivity contribution in [3.63, 3.8) is 0 Å². The van der Waals surface area contributed by atoms with Gasteiger partial charge < -0.3 is 15.2 Å². The molecule has 0 spiro atoms. The largest absolute Gasteiger partial charge is 0.493 e. The number of carbonyl (C=O) groups is 1. The molecule has 1 amide bonds. The highest BCUT2D eigenvalue weighted by Crippen LogP contribution is 2.37. The lowest BCUT2D eigenvalue weighted by molar-refractivity contribution is -0.128. The molecule has 1 aromatic carbocycles. The average molecular weight is 312 g/mol. The Morgan fingerprint density at radius 2 is 2.09 bits per heavy atom. The molecule has 1 aromatic heterocycles. The number of nitrogens with zero attached hydrogens (tertiary/aromatic N) is 1. The van der Waals surface area contributed by atoms with Crippen LogP contribution in [0.25, 0.3) is 0 Å². The summed E-state index contributed by atoms with van der Waals surface area (Å²) in [4.78, 5) is 16.5. The molecule has 3 rings (SSSR count). The van der Waals surface area contributed by atoms with Crippen molar-refractivity contribution in [3.05, 3.63) is 52.7 Å². The SMILES string of the molecule is Cc1cc(C)c(CNC(=O)C2Oc3ccccc3C2C)c(O)n1. The Bertz CT molecular complexity index is 735. The minimum atomic E-state index is -0.548. The predicted molar refractivity (Wildman–Crippen MR) is 86.5 cm³/mol. The molecule has 2 heterocycles. The summed E-state index contributed by atoms with van der Waals surface area (Å²) in [5.74, 6) is 0.535. The summed E-state index contributed by atoms with van der Waals surface area (Å²) in [5.41, 5.74) is 3.33. The maximum atomic E-state index is 12.4. The summed E-state index contributed by atoms with van der Waals surface area (Å²) in [6.07, 6.45) is -0.548. The van der Waals surface area contributed by atoms with Gasteiger partial charge in [-0.15, -0.1) is 0 Å². The van der Waals surface area contributed by atoms with Gasteiger partial charge in [0.05, 0.1) is 0 Å². The van der Waals surface area contributed by atoms with Gasteiger partial charge in [0.1, 0.15) is 5.75 Å². The monoisotopic (exact) mass is 312 g/mol. The Morgan fingerprint density at radius 1 is 1.35 bits per heavy atom. The Balaban J connectivity index is 1.70. The van der Waals surface area contributed by atoms with E-state index in [-0.39, 0.29) is 24.2 Å². The van der Waals surface area contributed by atoms with Gasteiger partial charge in [0.25, 0.3) is 5.91 Å². The zero-order valence-electron chi connectivity index (χ0n) is 13.5. The number of fused-ring (bicyclic) bond motifs is 1. The number of benzene rings is 1. The van der Waals surface area contributed by atoms with E-state index in [2.05, 4.69) is 10.3 Å². The van der Waals surface area contributed by atoms with Crippen molar-refractivity contribution in [2.24, 2.45) is 0 Å². The van der Waals surface area contributed by atoms with Crippen LogP contribution in [0.5, 0.6) is 11.6 Å². The molecule has 0 bridgehead atoms. The lowest BCUT2D eigenvalue weighted by Crippen LogP contribution is -2.38. The third-order valence-electron chi connectivity index (χ3n) is 4.27. The zero-order chi connectivity index (χ0) is 16.6. The molecule has 1 aliphatic rings. The first-order valence-corrected chi connectivity index (χ1v) is 7.66. The molecule has 0 fully saturated rings. The Morgan fingerprint density at radius 3 is 2.78 bits per heavy atom. The van der Waals surface area contributed by atoms with Crippen LogP contribution in [0.4, 0.5) is 0 Å². The van der Waals surface area contributed by atoms with Gasteiger partial charge in [-0.25, -0.2) is 4.98 Å². The van der Waals surface area contributed by atoms with Crippen molar-refractivity contribution >= 4 is 5.91 Å². The van der Waals surface area contributed by atoms with Gasteiger partial charge in [-0.05, 0) is 31.5 Å². The van der Waals surface area contributed by atoms with Crippen molar-refractivity contribution in [1.82, 2.24) is 10.3 Å². The quantitative estimate of drug-likeness (QED) is 0.914. The van der Waals surface area contributed by atoms with E-state index in [1.807, 2.05) is 51.1 Å². The molecule has 2 atom stereocenters. The van der Waals surface area contributed by atoms with Gasteiger partial charge in [0.15, 0.2) is 6.10 Å². The van der Waals surface area contributed by atoms with Gasteiger partial charge in [-0.1, -0.05) is 25.1 Å². The number of ether oxygens (including phenoxy) is 1. The van der Waals surface area contributed by atoms with Gasteiger partial charge in [0.2, 0.25) is 5.88 Å². The lowest BCUT2D eigenvalue weighted by atomic mass is 9.97. The van der Waals surface area contributed by atoms with Gasteiger partial charge >= 0.3 is 0 Å². The van der Waals surface area contributed by atoms with Crippen molar-refractivity contribution in [2.75, 3.05) is 0 Å². The molecule has 0 aliphatic carbocycles. The Hall–Kier alpha value is -2.56. The fourth-order valence-electron chi connectivity index (χ4n) is 2.98. The number of amides is 1. The second-order valence-corrected chi connectivity index (χ2v) is 5.97. The van der Waals surface area contributed by atoms with E-state index in [9.17, 15) is 9.90 Å². The molecule has 0 saturated carbocycles. The van der Waals surface area contributed by atoms with Crippen LogP contribution in [-0.2, 0) is 11.3 Å². The third kappa shape index (κ3) is 2.86. The summed E-state index contributed by atoms with van der Waals surface area (Å²) in [6.45, 7) is 5.92. The fraction of sp³-hybridized carbons (Fsp3) is 0.333. The standard InChI is InChI=1S/C18H20N2O3/c1-10-8-11(2)20-17(21)14(10)9-19-18(22)16-12(3)13-6-4-5-7-15(13)23-16/h4-8,12,16H,9H2,1-3H3,(H,19,22)(H,20,21). The Kier molecular flexibility index (Phi) is 3.94. The minimum Gasteiger partial charge on any atom is -0.493 e. The molecule has 2 N–H and O–H groups in total. The van der Waals surface area contributed by atoms with Crippen LogP contribution in [0.1, 0.15) is 35.2 Å². The number of aromatic nitrogens is 1. The first-order chi connectivity index (χ1) is 11.0. The second-order valence-electron chi connectivity index (χ2n) is 5.97. The van der Waals surface area contributed by atoms with E-state index in [1.54, 1.807) is 0 Å². The number of aromatic hydroxyl groups is 1. The molecular formula is C18H20N2O3.